The molecule has 1 fully saturated rings. The van der Waals surface area contributed by atoms with Crippen molar-refractivity contribution in [2.45, 2.75) is 30.2 Å². The Kier molecular flexibility index (Phi) is 4.85. The monoisotopic (exact) mass is 279 g/mol. The molecule has 5 heteroatoms. The van der Waals surface area contributed by atoms with Crippen LogP contribution in [0.25, 0.3) is 0 Å². The maximum absolute atomic E-state index is 11.8. The van der Waals surface area contributed by atoms with Crippen molar-refractivity contribution in [2.24, 2.45) is 5.92 Å². The molecule has 2 rings (SSSR count). The van der Waals surface area contributed by atoms with Crippen LogP contribution < -0.4 is 5.32 Å². The van der Waals surface area contributed by atoms with Gasteiger partial charge in [0.15, 0.2) is 0 Å². The van der Waals surface area contributed by atoms with Crippen LogP contribution in [0.1, 0.15) is 19.3 Å². The predicted octanol–water partition coefficient (Wildman–Crippen LogP) is 2.15. The molecule has 0 radical (unpaired) electrons. The average molecular weight is 279 g/mol. The van der Waals surface area contributed by atoms with Crippen molar-refractivity contribution >= 4 is 23.6 Å². The van der Waals surface area contributed by atoms with E-state index in [9.17, 15) is 9.59 Å². The minimum Gasteiger partial charge on any atom is -0.481 e. The van der Waals surface area contributed by atoms with Crippen LogP contribution in [0.4, 0.5) is 0 Å². The first kappa shape index (κ1) is 13.9. The third-order valence-electron chi connectivity index (χ3n) is 3.05. The molecule has 0 spiro atoms. The Morgan fingerprint density at radius 2 is 2.00 bits per heavy atom. The third-order valence-corrected chi connectivity index (χ3v) is 4.06. The van der Waals surface area contributed by atoms with Crippen LogP contribution in [0.5, 0.6) is 0 Å². The maximum Gasteiger partial charge on any atom is 0.305 e. The number of carbonyl (C=O) groups excluding carboxylic acids is 1. The van der Waals surface area contributed by atoms with Gasteiger partial charge in [-0.05, 0) is 30.9 Å². The number of amides is 1. The van der Waals surface area contributed by atoms with E-state index in [1.54, 1.807) is 0 Å². The lowest BCUT2D eigenvalue weighted by Gasteiger charge is -2.15. The molecule has 1 unspecified atom stereocenters. The standard InChI is InChI=1S/C14H17NO3S/c16-13(9-19-11-4-2-1-3-5-11)15-12(8-14(17)18)10-6-7-10/h1-5,10,12H,6-9H2,(H,15,16)(H,17,18). The summed E-state index contributed by atoms with van der Waals surface area (Å²) >= 11 is 1.46. The van der Waals surface area contributed by atoms with Gasteiger partial charge in [0, 0.05) is 10.9 Å². The summed E-state index contributed by atoms with van der Waals surface area (Å²) in [6.45, 7) is 0. The molecule has 1 amide bonds. The van der Waals surface area contributed by atoms with E-state index in [4.69, 9.17) is 5.11 Å². The second-order valence-corrected chi connectivity index (χ2v) is 5.76. The van der Waals surface area contributed by atoms with Gasteiger partial charge in [0.05, 0.1) is 12.2 Å². The second-order valence-electron chi connectivity index (χ2n) is 4.71. The highest BCUT2D eigenvalue weighted by molar-refractivity contribution is 8.00. The molecule has 1 atom stereocenters. The summed E-state index contributed by atoms with van der Waals surface area (Å²) in [4.78, 5) is 23.6. The zero-order chi connectivity index (χ0) is 13.7. The minimum absolute atomic E-state index is 0.0202. The Hall–Kier alpha value is -1.49. The van der Waals surface area contributed by atoms with Gasteiger partial charge in [-0.25, -0.2) is 0 Å². The quantitative estimate of drug-likeness (QED) is 0.751. The molecule has 0 saturated heterocycles. The largest absolute Gasteiger partial charge is 0.481 e. The Labute approximate surface area is 116 Å². The number of aliphatic carboxylic acids is 1. The maximum atomic E-state index is 11.8. The molecule has 0 aliphatic heterocycles. The Balaban J connectivity index is 1.77. The molecule has 102 valence electrons. The normalized spacial score (nSPS) is 15.8. The van der Waals surface area contributed by atoms with Crippen LogP contribution in [-0.4, -0.2) is 28.8 Å². The third kappa shape index (κ3) is 4.95. The Morgan fingerprint density at radius 1 is 1.32 bits per heavy atom. The van der Waals surface area contributed by atoms with Crippen molar-refractivity contribution in [3.8, 4) is 0 Å². The highest BCUT2D eigenvalue weighted by Crippen LogP contribution is 2.34. The van der Waals surface area contributed by atoms with Gasteiger partial charge in [0.1, 0.15) is 0 Å². The summed E-state index contributed by atoms with van der Waals surface area (Å²) in [5.74, 6) is -0.269. The molecule has 4 nitrogen and oxygen atoms in total. The van der Waals surface area contributed by atoms with Crippen molar-refractivity contribution in [1.29, 1.82) is 0 Å². The number of hydrogen-bond acceptors (Lipinski definition) is 3. The van der Waals surface area contributed by atoms with Crippen molar-refractivity contribution in [2.75, 3.05) is 5.75 Å². The predicted molar refractivity (Wildman–Crippen MR) is 74.1 cm³/mol. The molecule has 1 aromatic rings. The first-order chi connectivity index (χ1) is 9.15. The van der Waals surface area contributed by atoms with Gasteiger partial charge in [-0.3, -0.25) is 9.59 Å². The summed E-state index contributed by atoms with van der Waals surface area (Å²) in [7, 11) is 0. The van der Waals surface area contributed by atoms with Crippen molar-refractivity contribution in [3.63, 3.8) is 0 Å². The van der Waals surface area contributed by atoms with E-state index in [0.717, 1.165) is 17.7 Å². The van der Waals surface area contributed by atoms with Crippen LogP contribution >= 0.6 is 11.8 Å². The van der Waals surface area contributed by atoms with E-state index >= 15 is 0 Å². The fraction of sp³-hybridized carbons (Fsp3) is 0.429. The van der Waals surface area contributed by atoms with Gasteiger partial charge in [-0.2, -0.15) is 0 Å². The summed E-state index contributed by atoms with van der Waals surface area (Å²) < 4.78 is 0. The minimum atomic E-state index is -0.854. The van der Waals surface area contributed by atoms with Crippen molar-refractivity contribution in [3.05, 3.63) is 30.3 Å². The molecule has 0 bridgehead atoms. The van der Waals surface area contributed by atoms with Crippen molar-refractivity contribution in [1.82, 2.24) is 5.32 Å². The average Bonchev–Trinajstić information content (AvgIpc) is 3.20. The number of thioether (sulfide) groups is 1. The fourth-order valence-electron chi connectivity index (χ4n) is 1.94. The molecule has 1 saturated carbocycles. The summed E-state index contributed by atoms with van der Waals surface area (Å²) in [6, 6.07) is 9.48. The molecule has 0 heterocycles. The topological polar surface area (TPSA) is 66.4 Å². The number of nitrogens with one attached hydrogen (secondary N) is 1. The van der Waals surface area contributed by atoms with E-state index in [0.29, 0.717) is 11.7 Å². The summed E-state index contributed by atoms with van der Waals surface area (Å²) in [5.41, 5.74) is 0. The lowest BCUT2D eigenvalue weighted by Crippen LogP contribution is -2.39. The highest BCUT2D eigenvalue weighted by atomic mass is 32.2. The van der Waals surface area contributed by atoms with Crippen molar-refractivity contribution < 1.29 is 14.7 Å². The smallest absolute Gasteiger partial charge is 0.305 e. The molecule has 1 aliphatic carbocycles. The molecule has 19 heavy (non-hydrogen) atoms. The van der Waals surface area contributed by atoms with Crippen LogP contribution in [0.3, 0.4) is 0 Å². The fourth-order valence-corrected chi connectivity index (χ4v) is 2.67. The molecule has 0 aromatic heterocycles. The summed E-state index contributed by atoms with van der Waals surface area (Å²) in [6.07, 6.45) is 2.06. The van der Waals surface area contributed by atoms with E-state index in [-0.39, 0.29) is 18.4 Å². The Morgan fingerprint density at radius 3 is 2.58 bits per heavy atom. The number of carboxylic acid groups (broad SMARTS) is 1. The molecular weight excluding hydrogens is 262 g/mol. The SMILES string of the molecule is O=C(O)CC(NC(=O)CSc1ccccc1)C1CC1. The van der Waals surface area contributed by atoms with E-state index in [1.165, 1.54) is 11.8 Å². The number of hydrogen-bond donors (Lipinski definition) is 2. The first-order valence-electron chi connectivity index (χ1n) is 6.34. The number of rotatable bonds is 7. The zero-order valence-electron chi connectivity index (χ0n) is 10.5. The summed E-state index contributed by atoms with van der Waals surface area (Å²) in [5, 5.41) is 11.7. The van der Waals surface area contributed by atoms with E-state index in [1.807, 2.05) is 30.3 Å². The van der Waals surface area contributed by atoms with Crippen LogP contribution in [0.2, 0.25) is 0 Å². The second kappa shape index (κ2) is 6.61. The van der Waals surface area contributed by atoms with Gasteiger partial charge in [0.2, 0.25) is 5.91 Å². The number of carboxylic acids is 1. The van der Waals surface area contributed by atoms with Crippen LogP contribution in [-0.2, 0) is 9.59 Å². The van der Waals surface area contributed by atoms with Crippen LogP contribution in [0, 0.1) is 5.92 Å². The van der Waals surface area contributed by atoms with Gasteiger partial charge in [-0.15, -0.1) is 11.8 Å². The first-order valence-corrected chi connectivity index (χ1v) is 7.32. The van der Waals surface area contributed by atoms with Gasteiger partial charge in [-0.1, -0.05) is 18.2 Å². The molecule has 1 aliphatic rings. The Bertz CT molecular complexity index is 445. The lowest BCUT2D eigenvalue weighted by molar-refractivity contribution is -0.137. The van der Waals surface area contributed by atoms with Gasteiger partial charge in [0.25, 0.3) is 0 Å². The lowest BCUT2D eigenvalue weighted by atomic mass is 10.1. The van der Waals surface area contributed by atoms with Gasteiger partial charge < -0.3 is 10.4 Å². The molecular formula is C14H17NO3S. The highest BCUT2D eigenvalue weighted by Gasteiger charge is 2.33. The number of carbonyl (C=O) groups is 2. The molecule has 2 N–H and O–H groups in total. The molecule has 1 aromatic carbocycles. The number of benzene rings is 1. The van der Waals surface area contributed by atoms with E-state index < -0.39 is 5.97 Å². The van der Waals surface area contributed by atoms with Gasteiger partial charge >= 0.3 is 5.97 Å². The zero-order valence-corrected chi connectivity index (χ0v) is 11.4. The van der Waals surface area contributed by atoms with E-state index in [2.05, 4.69) is 5.32 Å². The van der Waals surface area contributed by atoms with Crippen LogP contribution in [0.15, 0.2) is 35.2 Å².